The normalized spacial score (nSPS) is 28.9. The van der Waals surface area contributed by atoms with Crippen LogP contribution in [0.4, 0.5) is 23.2 Å². The van der Waals surface area contributed by atoms with Crippen LogP contribution in [-0.2, 0) is 27.9 Å². The fourth-order valence-corrected chi connectivity index (χ4v) is 6.51. The minimum absolute atomic E-state index is 0.0121. The van der Waals surface area contributed by atoms with Crippen molar-refractivity contribution in [3.63, 3.8) is 0 Å². The fraction of sp³-hybridized carbons (Fsp3) is 0.533. The zero-order valence-electron chi connectivity index (χ0n) is 23.7. The summed E-state index contributed by atoms with van der Waals surface area (Å²) in [6.07, 6.45) is -3.48. The van der Waals surface area contributed by atoms with Gasteiger partial charge in [-0.2, -0.15) is 13.2 Å². The summed E-state index contributed by atoms with van der Waals surface area (Å²) in [5.41, 5.74) is -2.61. The lowest BCUT2D eigenvalue weighted by molar-refractivity contribution is -0.172. The molecule has 0 saturated carbocycles. The van der Waals surface area contributed by atoms with Gasteiger partial charge in [-0.25, -0.2) is 9.18 Å². The van der Waals surface area contributed by atoms with E-state index < -0.39 is 34.7 Å². The van der Waals surface area contributed by atoms with Gasteiger partial charge in [0.25, 0.3) is 5.91 Å². The predicted molar refractivity (Wildman–Crippen MR) is 146 cm³/mol. The van der Waals surface area contributed by atoms with Crippen LogP contribution < -0.4 is 4.90 Å². The number of fused-ring (bicyclic) bond motifs is 1. The van der Waals surface area contributed by atoms with Crippen LogP contribution >= 0.6 is 0 Å². The van der Waals surface area contributed by atoms with Crippen LogP contribution in [0.25, 0.3) is 0 Å². The van der Waals surface area contributed by atoms with Gasteiger partial charge >= 0.3 is 12.1 Å². The van der Waals surface area contributed by atoms with Gasteiger partial charge in [-0.1, -0.05) is 6.07 Å². The Hall–Kier alpha value is -3.22. The van der Waals surface area contributed by atoms with Gasteiger partial charge in [0.15, 0.2) is 0 Å². The first-order valence-electron chi connectivity index (χ1n) is 14.0. The molecule has 3 aliphatic rings. The van der Waals surface area contributed by atoms with Crippen LogP contribution in [-0.4, -0.2) is 82.4 Å². The molecule has 2 aromatic carbocycles. The standard InChI is InChI=1S/C30H35F4N3O5/c1-18-14-35(10-11-37(18)21-5-7-25(31)23(13-21)26(38)39)22-8-9-29(3,42-16-22)27(40)36-15-19-12-20(30(32,33)34)4-6-24(19)28(2,41)17-36/h4-7,12-13,18,22,41H,8-11,14-17H2,1-3H3,(H,38,39)/t18-,22+,28+,29+/m0/s1. The van der Waals surface area contributed by atoms with E-state index in [4.69, 9.17) is 4.74 Å². The minimum atomic E-state index is -4.54. The van der Waals surface area contributed by atoms with Crippen molar-refractivity contribution in [1.82, 2.24) is 9.80 Å². The number of ether oxygens (including phenoxy) is 1. The first-order valence-corrected chi connectivity index (χ1v) is 14.0. The third-order valence-electron chi connectivity index (χ3n) is 8.85. The SMILES string of the molecule is C[C@H]1CN([C@@H]2CC[C@](C)(C(=O)N3Cc4cc(C(F)(F)F)ccc4[C@](C)(O)C3)OC2)CCN1c1ccc(F)c(C(=O)O)c1. The zero-order chi connectivity index (χ0) is 30.6. The van der Waals surface area contributed by atoms with E-state index in [0.717, 1.165) is 12.1 Å². The number of carbonyl (C=O) groups is 2. The molecule has 5 rings (SSSR count). The number of halogens is 4. The van der Waals surface area contributed by atoms with E-state index in [0.29, 0.717) is 43.7 Å². The van der Waals surface area contributed by atoms with E-state index in [9.17, 15) is 37.4 Å². The molecule has 0 unspecified atom stereocenters. The summed E-state index contributed by atoms with van der Waals surface area (Å²) in [5.74, 6) is -2.47. The number of carbonyl (C=O) groups excluding carboxylic acids is 1. The Morgan fingerprint density at radius 1 is 1.10 bits per heavy atom. The van der Waals surface area contributed by atoms with E-state index in [2.05, 4.69) is 4.90 Å². The highest BCUT2D eigenvalue weighted by Gasteiger charge is 2.46. The number of piperazine rings is 1. The number of hydrogen-bond donors (Lipinski definition) is 2. The molecule has 2 aromatic rings. The Morgan fingerprint density at radius 3 is 2.45 bits per heavy atom. The number of aromatic carboxylic acids is 1. The topological polar surface area (TPSA) is 93.6 Å². The maximum absolute atomic E-state index is 13.9. The predicted octanol–water partition coefficient (Wildman–Crippen LogP) is 4.24. The van der Waals surface area contributed by atoms with Crippen LogP contribution in [0, 0.1) is 5.82 Å². The smallest absolute Gasteiger partial charge is 0.416 e. The molecule has 0 bridgehead atoms. The molecular formula is C30H35F4N3O5. The van der Waals surface area contributed by atoms with Crippen molar-refractivity contribution < 1.29 is 42.1 Å². The average Bonchev–Trinajstić information content (AvgIpc) is 2.92. The lowest BCUT2D eigenvalue weighted by Crippen LogP contribution is -2.60. The van der Waals surface area contributed by atoms with Gasteiger partial charge in [-0.3, -0.25) is 9.69 Å². The van der Waals surface area contributed by atoms with Crippen molar-refractivity contribution in [2.45, 2.75) is 69.6 Å². The maximum Gasteiger partial charge on any atom is 0.416 e. The number of carboxylic acid groups (broad SMARTS) is 1. The lowest BCUT2D eigenvalue weighted by Gasteiger charge is -2.48. The Labute approximate surface area is 241 Å². The van der Waals surface area contributed by atoms with Gasteiger partial charge in [0.05, 0.1) is 24.3 Å². The molecule has 4 atom stereocenters. The van der Waals surface area contributed by atoms with Gasteiger partial charge in [0, 0.05) is 44.0 Å². The second-order valence-electron chi connectivity index (χ2n) is 12.0. The van der Waals surface area contributed by atoms with Crippen molar-refractivity contribution in [2.24, 2.45) is 0 Å². The molecule has 12 heteroatoms. The number of benzene rings is 2. The summed E-state index contributed by atoms with van der Waals surface area (Å²) in [6, 6.07) is 7.38. The summed E-state index contributed by atoms with van der Waals surface area (Å²) >= 11 is 0. The summed E-state index contributed by atoms with van der Waals surface area (Å²) in [5, 5.41) is 20.3. The van der Waals surface area contributed by atoms with Gasteiger partial charge in [-0.05, 0) is 75.1 Å². The molecule has 0 spiro atoms. The van der Waals surface area contributed by atoms with Gasteiger partial charge < -0.3 is 24.7 Å². The number of rotatable bonds is 4. The molecule has 0 aromatic heterocycles. The number of aliphatic hydroxyl groups is 1. The second kappa shape index (κ2) is 10.8. The summed E-state index contributed by atoms with van der Waals surface area (Å²) < 4.78 is 60.1. The molecule has 42 heavy (non-hydrogen) atoms. The summed E-state index contributed by atoms with van der Waals surface area (Å²) in [4.78, 5) is 30.7. The van der Waals surface area contributed by atoms with E-state index in [1.807, 2.05) is 11.8 Å². The second-order valence-corrected chi connectivity index (χ2v) is 12.0. The van der Waals surface area contributed by atoms with Crippen molar-refractivity contribution in [2.75, 3.05) is 37.7 Å². The number of amides is 1. The van der Waals surface area contributed by atoms with Crippen molar-refractivity contribution >= 4 is 17.6 Å². The minimum Gasteiger partial charge on any atom is -0.478 e. The molecule has 3 heterocycles. The molecule has 2 fully saturated rings. The first kappa shape index (κ1) is 30.2. The summed E-state index contributed by atoms with van der Waals surface area (Å²) in [6.45, 7) is 7.29. The number of hydrogen-bond acceptors (Lipinski definition) is 6. The number of anilines is 1. The number of nitrogens with zero attached hydrogens (tertiary/aromatic N) is 3. The highest BCUT2D eigenvalue weighted by atomic mass is 19.4. The Bertz CT molecular complexity index is 1370. The molecule has 2 N–H and O–H groups in total. The molecule has 0 aliphatic carbocycles. The monoisotopic (exact) mass is 593 g/mol. The highest BCUT2D eigenvalue weighted by molar-refractivity contribution is 5.89. The zero-order valence-corrected chi connectivity index (χ0v) is 23.7. The highest BCUT2D eigenvalue weighted by Crippen LogP contribution is 2.39. The lowest BCUT2D eigenvalue weighted by atomic mass is 9.84. The molecule has 3 aliphatic heterocycles. The van der Waals surface area contributed by atoms with E-state index in [-0.39, 0.29) is 48.8 Å². The average molecular weight is 594 g/mol. The Kier molecular flexibility index (Phi) is 7.78. The van der Waals surface area contributed by atoms with Crippen LogP contribution in [0.2, 0.25) is 0 Å². The van der Waals surface area contributed by atoms with Gasteiger partial charge in [-0.15, -0.1) is 0 Å². The molecule has 228 valence electrons. The third kappa shape index (κ3) is 5.71. The summed E-state index contributed by atoms with van der Waals surface area (Å²) in [7, 11) is 0. The first-order chi connectivity index (χ1) is 19.6. The van der Waals surface area contributed by atoms with Crippen molar-refractivity contribution in [1.29, 1.82) is 0 Å². The van der Waals surface area contributed by atoms with Gasteiger partial charge in [0.2, 0.25) is 0 Å². The number of carboxylic acids is 1. The van der Waals surface area contributed by atoms with Crippen LogP contribution in [0.1, 0.15) is 60.7 Å². The Balaban J connectivity index is 1.22. The fourth-order valence-electron chi connectivity index (χ4n) is 6.51. The maximum atomic E-state index is 13.9. The molecule has 2 saturated heterocycles. The van der Waals surface area contributed by atoms with Crippen LogP contribution in [0.15, 0.2) is 36.4 Å². The number of alkyl halides is 3. The van der Waals surface area contributed by atoms with Crippen LogP contribution in [0.3, 0.4) is 0 Å². The quantitative estimate of drug-likeness (QED) is 0.513. The van der Waals surface area contributed by atoms with Crippen LogP contribution in [0.5, 0.6) is 0 Å². The van der Waals surface area contributed by atoms with Crippen molar-refractivity contribution in [3.05, 3.63) is 64.5 Å². The van der Waals surface area contributed by atoms with Gasteiger partial charge in [0.1, 0.15) is 17.0 Å². The molecule has 8 nitrogen and oxygen atoms in total. The van der Waals surface area contributed by atoms with E-state index in [1.54, 1.807) is 13.0 Å². The third-order valence-corrected chi connectivity index (χ3v) is 8.85. The largest absolute Gasteiger partial charge is 0.478 e. The van der Waals surface area contributed by atoms with E-state index in [1.165, 1.54) is 30.0 Å². The van der Waals surface area contributed by atoms with E-state index >= 15 is 0 Å². The molecular weight excluding hydrogens is 558 g/mol. The Morgan fingerprint density at radius 2 is 1.83 bits per heavy atom. The number of β-amino-alcohol motifs (C(OH)–C–C–N with tert-alkyl or cyclic N) is 1. The van der Waals surface area contributed by atoms with Crippen molar-refractivity contribution in [3.8, 4) is 0 Å². The molecule has 1 amide bonds. The molecule has 0 radical (unpaired) electrons.